The van der Waals surface area contributed by atoms with E-state index in [1.165, 1.54) is 24.3 Å². The smallest absolute Gasteiger partial charge is 0.434 e. The molecule has 0 saturated heterocycles. The Labute approximate surface area is 141 Å². The quantitative estimate of drug-likeness (QED) is 0.656. The van der Waals surface area contributed by atoms with Crippen molar-refractivity contribution in [1.29, 1.82) is 0 Å². The van der Waals surface area contributed by atoms with Gasteiger partial charge >= 0.3 is 12.4 Å². The summed E-state index contributed by atoms with van der Waals surface area (Å²) < 4.78 is 80.4. The zero-order chi connectivity index (χ0) is 19.5. The third kappa shape index (κ3) is 4.55. The molecule has 0 atom stereocenters. The maximum Gasteiger partial charge on any atom is 0.434 e. The molecule has 11 heteroatoms. The molecule has 0 aliphatic heterocycles. The number of hydrogen-bond acceptors (Lipinski definition) is 3. The minimum atomic E-state index is -5.74. The Kier molecular flexibility index (Phi) is 5.28. The maximum atomic E-state index is 12.6. The zero-order valence-electron chi connectivity index (χ0n) is 12.6. The monoisotopic (exact) mass is 380 g/mol. The molecule has 26 heavy (non-hydrogen) atoms. The average Bonchev–Trinajstić information content (AvgIpc) is 2.53. The van der Waals surface area contributed by atoms with Crippen molar-refractivity contribution < 1.29 is 41.1 Å². The Morgan fingerprint density at radius 2 is 1.58 bits per heavy atom. The van der Waals surface area contributed by atoms with Crippen LogP contribution in [0.25, 0.3) is 0 Å². The Bertz CT molecular complexity index is 843. The van der Waals surface area contributed by atoms with Crippen LogP contribution in [0.5, 0.6) is 5.75 Å². The molecule has 0 fully saturated rings. The summed E-state index contributed by atoms with van der Waals surface area (Å²) in [7, 11) is 0. The standard InChI is InChI=1S/C15H10F6N2O3/c16-14(17,18)13(15(19,20)21)26-10-6-2-1-5-9(10)12(24)22-11-7-3-4-8-23(11)25/h1-8,13,25H. The van der Waals surface area contributed by atoms with Crippen LogP contribution in [0, 0.1) is 0 Å². The van der Waals surface area contributed by atoms with Crippen molar-refractivity contribution in [3.63, 3.8) is 0 Å². The summed E-state index contributed by atoms with van der Waals surface area (Å²) in [5.74, 6) is -2.14. The molecule has 0 unspecified atom stereocenters. The molecule has 0 spiro atoms. The summed E-state index contributed by atoms with van der Waals surface area (Å²) in [6, 6.07) is 8.06. The van der Waals surface area contributed by atoms with Crippen molar-refractivity contribution in [2.24, 2.45) is 4.99 Å². The topological polar surface area (TPSA) is 63.8 Å². The highest BCUT2D eigenvalue weighted by atomic mass is 19.4. The fraction of sp³-hybridized carbons (Fsp3) is 0.200. The van der Waals surface area contributed by atoms with E-state index < -0.39 is 35.7 Å². The number of halogens is 6. The second-order valence-electron chi connectivity index (χ2n) is 4.90. The number of aromatic nitrogens is 1. The predicted octanol–water partition coefficient (Wildman–Crippen LogP) is 3.34. The van der Waals surface area contributed by atoms with E-state index in [2.05, 4.69) is 9.73 Å². The molecule has 1 N–H and O–H groups in total. The summed E-state index contributed by atoms with van der Waals surface area (Å²) in [6.07, 6.45) is -14.5. The van der Waals surface area contributed by atoms with Gasteiger partial charge in [-0.25, -0.2) is 0 Å². The SMILES string of the molecule is O=C(N=c1ccccn1O)c1ccccc1OC(C(F)(F)F)C(F)(F)F. The number of pyridine rings is 1. The number of para-hydroxylation sites is 1. The molecule has 5 nitrogen and oxygen atoms in total. The lowest BCUT2D eigenvalue weighted by atomic mass is 10.2. The first-order chi connectivity index (χ1) is 12.0. The molecule has 0 saturated carbocycles. The lowest BCUT2D eigenvalue weighted by Gasteiger charge is -2.24. The number of alkyl halides is 6. The zero-order valence-corrected chi connectivity index (χ0v) is 12.6. The number of ether oxygens (including phenoxy) is 1. The van der Waals surface area contributed by atoms with E-state index in [0.29, 0.717) is 4.73 Å². The minimum Gasteiger partial charge on any atom is -0.470 e. The molecule has 0 radical (unpaired) electrons. The van der Waals surface area contributed by atoms with Gasteiger partial charge in [0.15, 0.2) is 5.49 Å². The molecule has 1 heterocycles. The Balaban J connectivity index is 2.44. The van der Waals surface area contributed by atoms with Crippen LogP contribution in [0.15, 0.2) is 53.7 Å². The first-order valence-corrected chi connectivity index (χ1v) is 6.85. The lowest BCUT2D eigenvalue weighted by Crippen LogP contribution is -2.46. The van der Waals surface area contributed by atoms with Gasteiger partial charge in [0, 0.05) is 6.20 Å². The second-order valence-corrected chi connectivity index (χ2v) is 4.90. The fourth-order valence-electron chi connectivity index (χ4n) is 1.87. The third-order valence-corrected chi connectivity index (χ3v) is 2.99. The largest absolute Gasteiger partial charge is 0.470 e. The molecule has 1 amide bonds. The van der Waals surface area contributed by atoms with Crippen molar-refractivity contribution in [1.82, 2.24) is 4.73 Å². The van der Waals surface area contributed by atoms with Gasteiger partial charge in [0.1, 0.15) is 5.75 Å². The van der Waals surface area contributed by atoms with Gasteiger partial charge in [0.25, 0.3) is 12.0 Å². The van der Waals surface area contributed by atoms with Crippen LogP contribution in [0.2, 0.25) is 0 Å². The molecule has 1 aromatic carbocycles. The number of hydrogen-bond donors (Lipinski definition) is 1. The van der Waals surface area contributed by atoms with E-state index in [9.17, 15) is 36.3 Å². The summed E-state index contributed by atoms with van der Waals surface area (Å²) in [5, 5.41) is 9.48. The van der Waals surface area contributed by atoms with Crippen molar-refractivity contribution >= 4 is 5.91 Å². The van der Waals surface area contributed by atoms with Crippen molar-refractivity contribution in [2.75, 3.05) is 0 Å². The normalized spacial score (nSPS) is 13.1. The molecule has 1 aromatic heterocycles. The van der Waals surface area contributed by atoms with E-state index in [-0.39, 0.29) is 5.49 Å². The maximum absolute atomic E-state index is 12.6. The fourth-order valence-corrected chi connectivity index (χ4v) is 1.87. The van der Waals surface area contributed by atoms with E-state index in [0.717, 1.165) is 24.4 Å². The highest BCUT2D eigenvalue weighted by Gasteiger charge is 2.59. The van der Waals surface area contributed by atoms with Gasteiger partial charge in [-0.2, -0.15) is 36.1 Å². The Hall–Kier alpha value is -2.98. The van der Waals surface area contributed by atoms with E-state index in [1.54, 1.807) is 0 Å². The van der Waals surface area contributed by atoms with E-state index in [4.69, 9.17) is 0 Å². The number of nitrogens with zero attached hydrogens (tertiary/aromatic N) is 2. The van der Waals surface area contributed by atoms with Crippen LogP contribution in [0.1, 0.15) is 10.4 Å². The summed E-state index contributed by atoms with van der Waals surface area (Å²) >= 11 is 0. The van der Waals surface area contributed by atoms with Gasteiger partial charge in [-0.1, -0.05) is 18.2 Å². The van der Waals surface area contributed by atoms with E-state index in [1.807, 2.05) is 0 Å². The van der Waals surface area contributed by atoms with Gasteiger partial charge in [0.2, 0.25) is 0 Å². The molecular formula is C15H10F6N2O3. The van der Waals surface area contributed by atoms with Crippen LogP contribution in [0.3, 0.4) is 0 Å². The number of rotatable bonds is 3. The first kappa shape index (κ1) is 19.3. The molecule has 140 valence electrons. The molecule has 2 rings (SSSR count). The highest BCUT2D eigenvalue weighted by Crippen LogP contribution is 2.37. The molecule has 2 aromatic rings. The van der Waals surface area contributed by atoms with Crippen LogP contribution in [-0.4, -0.2) is 34.3 Å². The van der Waals surface area contributed by atoms with Gasteiger partial charge in [-0.15, -0.1) is 0 Å². The van der Waals surface area contributed by atoms with Gasteiger partial charge in [-0.05, 0) is 24.3 Å². The van der Waals surface area contributed by atoms with Gasteiger partial charge in [0.05, 0.1) is 5.56 Å². The van der Waals surface area contributed by atoms with Crippen molar-refractivity contribution in [2.45, 2.75) is 18.5 Å². The highest BCUT2D eigenvalue weighted by molar-refractivity contribution is 5.97. The predicted molar refractivity (Wildman–Crippen MR) is 74.5 cm³/mol. The number of carbonyl (C=O) groups is 1. The minimum absolute atomic E-state index is 0.282. The van der Waals surface area contributed by atoms with Gasteiger partial charge < -0.3 is 9.94 Å². The van der Waals surface area contributed by atoms with Crippen LogP contribution in [-0.2, 0) is 0 Å². The number of carbonyl (C=O) groups excluding carboxylic acids is 1. The van der Waals surface area contributed by atoms with Crippen LogP contribution in [0.4, 0.5) is 26.3 Å². The number of amides is 1. The second kappa shape index (κ2) is 7.10. The first-order valence-electron chi connectivity index (χ1n) is 6.85. The third-order valence-electron chi connectivity index (χ3n) is 2.99. The summed E-state index contributed by atoms with van der Waals surface area (Å²) in [5.41, 5.74) is -0.912. The molecular weight excluding hydrogens is 370 g/mol. The Morgan fingerprint density at radius 3 is 2.15 bits per heavy atom. The van der Waals surface area contributed by atoms with Crippen LogP contribution >= 0.6 is 0 Å². The lowest BCUT2D eigenvalue weighted by molar-refractivity contribution is -0.299. The van der Waals surface area contributed by atoms with Crippen molar-refractivity contribution in [3.8, 4) is 5.75 Å². The van der Waals surface area contributed by atoms with Crippen molar-refractivity contribution in [3.05, 3.63) is 59.7 Å². The average molecular weight is 380 g/mol. The summed E-state index contributed by atoms with van der Waals surface area (Å²) in [4.78, 5) is 15.6. The molecule has 0 bridgehead atoms. The number of benzene rings is 1. The Morgan fingerprint density at radius 1 is 1.00 bits per heavy atom. The molecule has 0 aliphatic carbocycles. The molecule has 0 aliphatic rings. The van der Waals surface area contributed by atoms with Crippen LogP contribution < -0.4 is 10.2 Å². The summed E-state index contributed by atoms with van der Waals surface area (Å²) in [6.45, 7) is 0. The van der Waals surface area contributed by atoms with E-state index >= 15 is 0 Å². The van der Waals surface area contributed by atoms with Gasteiger partial charge in [-0.3, -0.25) is 4.79 Å².